The van der Waals surface area contributed by atoms with Gasteiger partial charge in [-0.15, -0.1) is 5.10 Å². The SMILES string of the molecule is CCCCc1ccc(-n2nnnc2SCC(=O)Nc2cccc([N+](=O)[O-])c2C)cc1. The van der Waals surface area contributed by atoms with Gasteiger partial charge in [-0.1, -0.05) is 43.3 Å². The van der Waals surface area contributed by atoms with E-state index in [2.05, 4.69) is 39.9 Å². The molecule has 156 valence electrons. The van der Waals surface area contributed by atoms with Gasteiger partial charge in [0.25, 0.3) is 5.69 Å². The van der Waals surface area contributed by atoms with E-state index >= 15 is 0 Å². The van der Waals surface area contributed by atoms with Gasteiger partial charge in [0.1, 0.15) is 0 Å². The van der Waals surface area contributed by atoms with Crippen LogP contribution in [0.4, 0.5) is 11.4 Å². The fourth-order valence-corrected chi connectivity index (χ4v) is 3.58. The van der Waals surface area contributed by atoms with E-state index in [1.165, 1.54) is 23.4 Å². The number of nitrogens with one attached hydrogen (secondary N) is 1. The Hall–Kier alpha value is -3.27. The number of thioether (sulfide) groups is 1. The molecule has 1 N–H and O–H groups in total. The molecule has 0 radical (unpaired) electrons. The molecule has 0 aliphatic carbocycles. The molecule has 0 aliphatic rings. The van der Waals surface area contributed by atoms with Gasteiger partial charge in [0.15, 0.2) is 0 Å². The van der Waals surface area contributed by atoms with Crippen molar-refractivity contribution in [1.29, 1.82) is 0 Å². The van der Waals surface area contributed by atoms with E-state index in [1.807, 2.05) is 12.1 Å². The molecular weight excluding hydrogens is 404 g/mol. The topological polar surface area (TPSA) is 116 Å². The molecule has 2 aromatic carbocycles. The Balaban J connectivity index is 1.64. The van der Waals surface area contributed by atoms with E-state index in [0.717, 1.165) is 24.9 Å². The highest BCUT2D eigenvalue weighted by Gasteiger charge is 2.16. The van der Waals surface area contributed by atoms with Crippen LogP contribution in [-0.2, 0) is 11.2 Å². The molecule has 0 spiro atoms. The molecule has 0 aliphatic heterocycles. The zero-order valence-corrected chi connectivity index (χ0v) is 17.6. The van der Waals surface area contributed by atoms with Crippen LogP contribution in [0.25, 0.3) is 5.69 Å². The number of nitro benzene ring substituents is 1. The lowest BCUT2D eigenvalue weighted by Crippen LogP contribution is -2.15. The first-order chi connectivity index (χ1) is 14.5. The molecule has 0 bridgehead atoms. The summed E-state index contributed by atoms with van der Waals surface area (Å²) in [5, 5.41) is 26.0. The minimum absolute atomic E-state index is 0.0354. The van der Waals surface area contributed by atoms with Crippen molar-refractivity contribution in [3.63, 3.8) is 0 Å². The number of nitrogens with zero attached hydrogens (tertiary/aromatic N) is 5. The molecule has 3 rings (SSSR count). The van der Waals surface area contributed by atoms with E-state index in [1.54, 1.807) is 23.7 Å². The number of anilines is 1. The molecule has 1 amide bonds. The number of hydrogen-bond donors (Lipinski definition) is 1. The fourth-order valence-electron chi connectivity index (χ4n) is 2.89. The third kappa shape index (κ3) is 5.20. The Labute approximate surface area is 178 Å². The molecular formula is C20H22N6O3S. The van der Waals surface area contributed by atoms with Crippen LogP contribution >= 0.6 is 11.8 Å². The highest BCUT2D eigenvalue weighted by molar-refractivity contribution is 7.99. The van der Waals surface area contributed by atoms with Crippen molar-refractivity contribution >= 4 is 29.0 Å². The standard InChI is InChI=1S/C20H22N6O3S/c1-3-4-6-15-9-11-16(12-10-15)25-20(22-23-24-25)30-13-19(27)21-17-7-5-8-18(14(17)2)26(28)29/h5,7-12H,3-4,6,13H2,1-2H3,(H,21,27). The summed E-state index contributed by atoms with van der Waals surface area (Å²) in [6, 6.07) is 12.6. The summed E-state index contributed by atoms with van der Waals surface area (Å²) in [6.45, 7) is 3.76. The first kappa shape index (κ1) is 21.4. The van der Waals surface area contributed by atoms with Gasteiger partial charge in [-0.3, -0.25) is 14.9 Å². The van der Waals surface area contributed by atoms with E-state index in [0.29, 0.717) is 16.4 Å². The van der Waals surface area contributed by atoms with E-state index in [9.17, 15) is 14.9 Å². The maximum absolute atomic E-state index is 12.4. The lowest BCUT2D eigenvalue weighted by molar-refractivity contribution is -0.385. The number of carbonyl (C=O) groups is 1. The molecule has 0 saturated carbocycles. The van der Waals surface area contributed by atoms with Gasteiger partial charge in [-0.25, -0.2) is 0 Å². The molecule has 0 fully saturated rings. The summed E-state index contributed by atoms with van der Waals surface area (Å²) in [4.78, 5) is 22.9. The summed E-state index contributed by atoms with van der Waals surface area (Å²) < 4.78 is 1.58. The van der Waals surface area contributed by atoms with Crippen molar-refractivity contribution in [2.24, 2.45) is 0 Å². The maximum Gasteiger partial charge on any atom is 0.274 e. The molecule has 30 heavy (non-hydrogen) atoms. The van der Waals surface area contributed by atoms with Crippen LogP contribution in [0, 0.1) is 17.0 Å². The number of benzene rings is 2. The second kappa shape index (κ2) is 9.97. The fraction of sp³-hybridized carbons (Fsp3) is 0.300. The number of aryl methyl sites for hydroxylation is 1. The van der Waals surface area contributed by atoms with Gasteiger partial charge < -0.3 is 5.32 Å². The molecule has 0 atom stereocenters. The van der Waals surface area contributed by atoms with Crippen molar-refractivity contribution < 1.29 is 9.72 Å². The van der Waals surface area contributed by atoms with E-state index < -0.39 is 4.92 Å². The van der Waals surface area contributed by atoms with E-state index in [4.69, 9.17) is 0 Å². The van der Waals surface area contributed by atoms with Gasteiger partial charge in [0, 0.05) is 6.07 Å². The second-order valence-corrected chi connectivity index (χ2v) is 7.63. The van der Waals surface area contributed by atoms with Crippen molar-refractivity contribution in [2.75, 3.05) is 11.1 Å². The van der Waals surface area contributed by atoms with Crippen LogP contribution in [0.3, 0.4) is 0 Å². The van der Waals surface area contributed by atoms with Crippen LogP contribution < -0.4 is 5.32 Å². The summed E-state index contributed by atoms with van der Waals surface area (Å²) in [5.74, 6) is -0.232. The van der Waals surface area contributed by atoms with Crippen LogP contribution in [0.1, 0.15) is 30.9 Å². The van der Waals surface area contributed by atoms with Crippen molar-refractivity contribution in [2.45, 2.75) is 38.3 Å². The van der Waals surface area contributed by atoms with Gasteiger partial charge in [-0.05, 0) is 54.0 Å². The lowest BCUT2D eigenvalue weighted by atomic mass is 10.1. The average molecular weight is 427 g/mol. The maximum atomic E-state index is 12.4. The Bertz CT molecular complexity index is 1040. The molecule has 3 aromatic rings. The third-order valence-electron chi connectivity index (χ3n) is 4.55. The Morgan fingerprint density at radius 3 is 2.70 bits per heavy atom. The summed E-state index contributed by atoms with van der Waals surface area (Å²) >= 11 is 1.19. The normalized spacial score (nSPS) is 10.7. The highest BCUT2D eigenvalue weighted by atomic mass is 32.2. The van der Waals surface area contributed by atoms with Crippen molar-refractivity contribution in [3.8, 4) is 5.69 Å². The lowest BCUT2D eigenvalue weighted by Gasteiger charge is -2.09. The Morgan fingerprint density at radius 1 is 1.23 bits per heavy atom. The molecule has 9 nitrogen and oxygen atoms in total. The molecule has 1 aromatic heterocycles. The average Bonchev–Trinajstić information content (AvgIpc) is 3.21. The quantitative estimate of drug-likeness (QED) is 0.313. The number of nitro groups is 1. The first-order valence-electron chi connectivity index (χ1n) is 9.54. The van der Waals surface area contributed by atoms with Gasteiger partial charge >= 0.3 is 0 Å². The number of tetrazole rings is 1. The molecule has 0 unspecified atom stereocenters. The zero-order valence-electron chi connectivity index (χ0n) is 16.7. The highest BCUT2D eigenvalue weighted by Crippen LogP contribution is 2.25. The van der Waals surface area contributed by atoms with Crippen LogP contribution in [0.15, 0.2) is 47.6 Å². The Kier molecular flexibility index (Phi) is 7.12. The third-order valence-corrected chi connectivity index (χ3v) is 5.47. The molecule has 0 saturated heterocycles. The van der Waals surface area contributed by atoms with Gasteiger partial charge in [0.2, 0.25) is 11.1 Å². The Morgan fingerprint density at radius 2 is 2.00 bits per heavy atom. The number of hydrogen-bond acceptors (Lipinski definition) is 7. The summed E-state index contributed by atoms with van der Waals surface area (Å²) in [6.07, 6.45) is 3.32. The number of rotatable bonds is 9. The van der Waals surface area contributed by atoms with Crippen LogP contribution in [0.5, 0.6) is 0 Å². The van der Waals surface area contributed by atoms with Crippen LogP contribution in [0.2, 0.25) is 0 Å². The van der Waals surface area contributed by atoms with Crippen LogP contribution in [-0.4, -0.2) is 36.8 Å². The first-order valence-corrected chi connectivity index (χ1v) is 10.5. The molecule has 10 heteroatoms. The minimum atomic E-state index is -0.471. The zero-order chi connectivity index (χ0) is 21.5. The second-order valence-electron chi connectivity index (χ2n) is 6.69. The monoisotopic (exact) mass is 426 g/mol. The largest absolute Gasteiger partial charge is 0.325 e. The van der Waals surface area contributed by atoms with Crippen molar-refractivity contribution in [1.82, 2.24) is 20.2 Å². The van der Waals surface area contributed by atoms with E-state index in [-0.39, 0.29) is 17.3 Å². The molecule has 1 heterocycles. The number of aromatic nitrogens is 4. The summed E-state index contributed by atoms with van der Waals surface area (Å²) in [5.41, 5.74) is 2.87. The summed E-state index contributed by atoms with van der Waals surface area (Å²) in [7, 11) is 0. The van der Waals surface area contributed by atoms with Gasteiger partial charge in [0.05, 0.1) is 27.6 Å². The predicted octanol–water partition coefficient (Wildman–Crippen LogP) is 3.95. The number of amides is 1. The minimum Gasteiger partial charge on any atom is -0.325 e. The smallest absolute Gasteiger partial charge is 0.274 e. The number of carbonyl (C=O) groups excluding carboxylic acids is 1. The number of unbranched alkanes of at least 4 members (excludes halogenated alkanes) is 1. The van der Waals surface area contributed by atoms with Gasteiger partial charge in [-0.2, -0.15) is 4.68 Å². The predicted molar refractivity (Wildman–Crippen MR) is 115 cm³/mol. The van der Waals surface area contributed by atoms with Crippen molar-refractivity contribution in [3.05, 3.63) is 63.7 Å².